The molecule has 4 rings (SSSR count). The van der Waals surface area contributed by atoms with Crippen LogP contribution >= 0.6 is 11.3 Å². The second-order valence-electron chi connectivity index (χ2n) is 7.05. The average molecular weight is 426 g/mol. The van der Waals surface area contributed by atoms with E-state index in [9.17, 15) is 14.0 Å². The van der Waals surface area contributed by atoms with Crippen molar-refractivity contribution in [1.29, 1.82) is 0 Å². The molecule has 0 bridgehead atoms. The van der Waals surface area contributed by atoms with Crippen molar-refractivity contribution in [3.63, 3.8) is 0 Å². The van der Waals surface area contributed by atoms with E-state index in [1.165, 1.54) is 28.4 Å². The number of amides is 3. The molecule has 1 unspecified atom stereocenters. The lowest BCUT2D eigenvalue weighted by atomic mass is 9.96. The summed E-state index contributed by atoms with van der Waals surface area (Å²) in [6.45, 7) is 2.16. The summed E-state index contributed by atoms with van der Waals surface area (Å²) in [6, 6.07) is 5.21. The number of urea groups is 1. The number of aromatic nitrogens is 3. The summed E-state index contributed by atoms with van der Waals surface area (Å²) in [7, 11) is 0. The lowest BCUT2D eigenvalue weighted by Gasteiger charge is -2.32. The number of halogens is 1. The number of benzene rings is 1. The van der Waals surface area contributed by atoms with E-state index in [1.807, 2.05) is 6.92 Å². The fraction of sp³-hybridized carbons (Fsp3) is 0.250. The van der Waals surface area contributed by atoms with Gasteiger partial charge in [-0.1, -0.05) is 0 Å². The maximum absolute atomic E-state index is 13.1. The molecule has 3 heterocycles. The number of primary amides is 2. The van der Waals surface area contributed by atoms with Gasteiger partial charge in [-0.3, -0.25) is 4.79 Å². The van der Waals surface area contributed by atoms with Crippen molar-refractivity contribution in [2.45, 2.75) is 25.3 Å². The maximum atomic E-state index is 13.1. The Kier molecular flexibility index (Phi) is 4.94. The van der Waals surface area contributed by atoms with Gasteiger partial charge in [-0.2, -0.15) is 0 Å². The predicted molar refractivity (Wildman–Crippen MR) is 110 cm³/mol. The molecule has 0 saturated carbocycles. The molecule has 1 fully saturated rings. The number of carbonyl (C=O) groups is 2. The molecular formula is C20H19FN6O2S. The van der Waals surface area contributed by atoms with Crippen LogP contribution in [0.3, 0.4) is 0 Å². The topological polar surface area (TPSA) is 128 Å². The molecule has 4 N–H and O–H groups in total. The molecule has 0 aliphatic carbocycles. The van der Waals surface area contributed by atoms with Crippen molar-refractivity contribution in [1.82, 2.24) is 19.9 Å². The van der Waals surface area contributed by atoms with E-state index in [-0.39, 0.29) is 5.82 Å². The zero-order valence-electron chi connectivity index (χ0n) is 16.1. The van der Waals surface area contributed by atoms with Crippen molar-refractivity contribution in [2.75, 3.05) is 6.54 Å². The number of nitrogens with zero attached hydrogens (tertiary/aromatic N) is 4. The number of carbonyl (C=O) groups excluding carboxylic acids is 2. The van der Waals surface area contributed by atoms with Crippen LogP contribution in [0.25, 0.3) is 21.8 Å². The number of rotatable bonds is 4. The number of hydrogen-bond acceptors (Lipinski definition) is 6. The molecule has 1 aromatic carbocycles. The third-order valence-corrected chi connectivity index (χ3v) is 6.58. The highest BCUT2D eigenvalue weighted by Crippen LogP contribution is 2.43. The van der Waals surface area contributed by atoms with Crippen molar-refractivity contribution in [3.05, 3.63) is 53.2 Å². The number of aryl methyl sites for hydroxylation is 1. The van der Waals surface area contributed by atoms with E-state index in [2.05, 4.69) is 15.0 Å². The van der Waals surface area contributed by atoms with E-state index < -0.39 is 17.5 Å². The fourth-order valence-corrected chi connectivity index (χ4v) is 5.01. The molecule has 1 aliphatic heterocycles. The number of nitrogens with two attached hydrogens (primary N) is 2. The highest BCUT2D eigenvalue weighted by Gasteiger charge is 2.52. The first-order valence-electron chi connectivity index (χ1n) is 9.26. The van der Waals surface area contributed by atoms with Crippen LogP contribution in [0.4, 0.5) is 9.18 Å². The monoisotopic (exact) mass is 426 g/mol. The zero-order valence-corrected chi connectivity index (χ0v) is 16.9. The van der Waals surface area contributed by atoms with E-state index in [1.54, 1.807) is 24.5 Å². The van der Waals surface area contributed by atoms with Gasteiger partial charge in [0, 0.05) is 30.1 Å². The number of thiazole rings is 1. The second-order valence-corrected chi connectivity index (χ2v) is 8.05. The van der Waals surface area contributed by atoms with Crippen molar-refractivity contribution < 1.29 is 14.0 Å². The lowest BCUT2D eigenvalue weighted by molar-refractivity contribution is -0.127. The number of likely N-dealkylation sites (tertiary alicyclic amines) is 1. The molecule has 3 aromatic rings. The van der Waals surface area contributed by atoms with Gasteiger partial charge in [-0.25, -0.2) is 24.1 Å². The van der Waals surface area contributed by atoms with Crippen LogP contribution in [0.1, 0.15) is 23.5 Å². The van der Waals surface area contributed by atoms with Crippen LogP contribution in [0.2, 0.25) is 0 Å². The van der Waals surface area contributed by atoms with Gasteiger partial charge in [0.15, 0.2) is 11.4 Å². The summed E-state index contributed by atoms with van der Waals surface area (Å²) >= 11 is 1.27. The first-order valence-corrected chi connectivity index (χ1v) is 10.1. The van der Waals surface area contributed by atoms with Crippen LogP contribution in [0, 0.1) is 12.7 Å². The molecule has 154 valence electrons. The summed E-state index contributed by atoms with van der Waals surface area (Å²) in [5.41, 5.74) is 12.0. The normalized spacial score (nSPS) is 18.5. The fourth-order valence-electron chi connectivity index (χ4n) is 3.74. The molecule has 10 heteroatoms. The van der Waals surface area contributed by atoms with E-state index in [0.717, 1.165) is 4.88 Å². The molecule has 0 radical (unpaired) electrons. The Morgan fingerprint density at radius 3 is 2.40 bits per heavy atom. The van der Waals surface area contributed by atoms with Gasteiger partial charge in [0.25, 0.3) is 5.91 Å². The first kappa shape index (κ1) is 19.9. The van der Waals surface area contributed by atoms with Gasteiger partial charge >= 0.3 is 6.03 Å². The third-order valence-electron chi connectivity index (χ3n) is 5.22. The first-order chi connectivity index (χ1) is 14.3. The predicted octanol–water partition coefficient (Wildman–Crippen LogP) is 2.57. The Balaban J connectivity index is 1.71. The summed E-state index contributed by atoms with van der Waals surface area (Å²) in [4.78, 5) is 39.7. The van der Waals surface area contributed by atoms with Gasteiger partial charge in [0.1, 0.15) is 10.8 Å². The zero-order chi connectivity index (χ0) is 21.5. The summed E-state index contributed by atoms with van der Waals surface area (Å²) in [5.74, 6) is -0.518. The molecule has 2 aromatic heterocycles. The smallest absolute Gasteiger partial charge is 0.316 e. The average Bonchev–Trinajstić information content (AvgIpc) is 3.33. The Morgan fingerprint density at radius 2 is 1.80 bits per heavy atom. The standard InChI is InChI=1S/C20H19FN6O2S/c1-11-15(13-9-24-16(25-10-13)12-3-5-14(21)6-4-12)30-18(26-11)20(17(22)28)7-2-8-27(20)19(23)29/h3-6,9-10H,2,7-8H2,1H3,(H2,22,28)(H2,23,29). The van der Waals surface area contributed by atoms with E-state index >= 15 is 0 Å². The summed E-state index contributed by atoms with van der Waals surface area (Å²) < 4.78 is 13.1. The van der Waals surface area contributed by atoms with Crippen LogP contribution in [0.5, 0.6) is 0 Å². The van der Waals surface area contributed by atoms with Crippen molar-refractivity contribution in [3.8, 4) is 21.8 Å². The van der Waals surface area contributed by atoms with Crippen molar-refractivity contribution in [2.24, 2.45) is 11.5 Å². The molecular weight excluding hydrogens is 407 g/mol. The molecule has 0 spiro atoms. The Hall–Kier alpha value is -3.40. The minimum atomic E-state index is -1.34. The Morgan fingerprint density at radius 1 is 1.13 bits per heavy atom. The highest BCUT2D eigenvalue weighted by atomic mass is 32.1. The summed E-state index contributed by atoms with van der Waals surface area (Å²) in [5, 5.41) is 0.432. The Labute approximate surface area is 175 Å². The Bertz CT molecular complexity index is 1120. The van der Waals surface area contributed by atoms with Crippen molar-refractivity contribution >= 4 is 23.3 Å². The molecule has 1 atom stereocenters. The highest BCUT2D eigenvalue weighted by molar-refractivity contribution is 7.15. The van der Waals surface area contributed by atoms with Crippen LogP contribution < -0.4 is 11.5 Å². The van der Waals surface area contributed by atoms with Crippen LogP contribution in [-0.4, -0.2) is 38.3 Å². The van der Waals surface area contributed by atoms with Gasteiger partial charge in [0.2, 0.25) is 0 Å². The maximum Gasteiger partial charge on any atom is 0.316 e. The number of hydrogen-bond donors (Lipinski definition) is 2. The van der Waals surface area contributed by atoms with Gasteiger partial charge in [0.05, 0.1) is 10.6 Å². The lowest BCUT2D eigenvalue weighted by Crippen LogP contribution is -2.55. The molecule has 30 heavy (non-hydrogen) atoms. The second kappa shape index (κ2) is 7.45. The van der Waals surface area contributed by atoms with Gasteiger partial charge < -0.3 is 16.4 Å². The van der Waals surface area contributed by atoms with Gasteiger partial charge in [-0.15, -0.1) is 11.3 Å². The van der Waals surface area contributed by atoms with Crippen LogP contribution in [-0.2, 0) is 10.3 Å². The SMILES string of the molecule is Cc1nc(C2(C(N)=O)CCCN2C(N)=O)sc1-c1cnc(-c2ccc(F)cc2)nc1. The minimum absolute atomic E-state index is 0.330. The molecule has 8 nitrogen and oxygen atoms in total. The van der Waals surface area contributed by atoms with Crippen LogP contribution in [0.15, 0.2) is 36.7 Å². The summed E-state index contributed by atoms with van der Waals surface area (Å²) in [6.07, 6.45) is 4.27. The quantitative estimate of drug-likeness (QED) is 0.663. The molecule has 3 amide bonds. The van der Waals surface area contributed by atoms with Gasteiger partial charge in [-0.05, 0) is 44.0 Å². The minimum Gasteiger partial charge on any atom is -0.367 e. The molecule has 1 saturated heterocycles. The molecule has 1 aliphatic rings. The van der Waals surface area contributed by atoms with E-state index in [0.29, 0.717) is 47.0 Å². The van der Waals surface area contributed by atoms with E-state index in [4.69, 9.17) is 11.5 Å². The largest absolute Gasteiger partial charge is 0.367 e. The third kappa shape index (κ3) is 3.18.